The highest BCUT2D eigenvalue weighted by atomic mass is 19.1. The summed E-state index contributed by atoms with van der Waals surface area (Å²) >= 11 is 0. The van der Waals surface area contributed by atoms with Crippen molar-refractivity contribution in [3.05, 3.63) is 42.1 Å². The van der Waals surface area contributed by atoms with Gasteiger partial charge in [-0.15, -0.1) is 0 Å². The van der Waals surface area contributed by atoms with Crippen molar-refractivity contribution in [2.75, 3.05) is 6.61 Å². The molecule has 1 aromatic carbocycles. The lowest BCUT2D eigenvalue weighted by atomic mass is 10.00. The van der Waals surface area contributed by atoms with E-state index in [9.17, 15) is 4.39 Å². The van der Waals surface area contributed by atoms with Crippen LogP contribution in [-0.4, -0.2) is 11.7 Å². The second-order valence-electron chi connectivity index (χ2n) is 3.08. The Kier molecular flexibility index (Phi) is 3.43. The van der Waals surface area contributed by atoms with Gasteiger partial charge in [-0.1, -0.05) is 19.1 Å². The van der Waals surface area contributed by atoms with Crippen LogP contribution in [0.3, 0.4) is 0 Å². The van der Waals surface area contributed by atoms with Crippen molar-refractivity contribution < 1.29 is 9.50 Å². The highest BCUT2D eigenvalue weighted by Gasteiger charge is 2.07. The zero-order valence-electron chi connectivity index (χ0n) is 7.76. The van der Waals surface area contributed by atoms with E-state index in [0.29, 0.717) is 12.0 Å². The predicted octanol–water partition coefficient (Wildman–Crippen LogP) is 2.30. The Hall–Kier alpha value is -0.890. The Balaban J connectivity index is 2.95. The third kappa shape index (κ3) is 2.28. The molecule has 0 heterocycles. The van der Waals surface area contributed by atoms with Gasteiger partial charge in [0.2, 0.25) is 0 Å². The molecular formula is C11H14FO. The SMILES string of the molecule is [CH2]C(CO)c1ccc(CC)c(F)c1. The standard InChI is InChI=1S/C11H14FO/c1-3-9-4-5-10(6-11(9)12)8(2)7-13/h4-6,8,13H,2-3,7H2,1H3. The zero-order chi connectivity index (χ0) is 9.84. The van der Waals surface area contributed by atoms with Crippen LogP contribution in [0.4, 0.5) is 4.39 Å². The van der Waals surface area contributed by atoms with Crippen molar-refractivity contribution in [1.29, 1.82) is 0 Å². The lowest BCUT2D eigenvalue weighted by Gasteiger charge is -2.09. The fraction of sp³-hybridized carbons (Fsp3) is 0.364. The topological polar surface area (TPSA) is 20.2 Å². The average Bonchev–Trinajstić information content (AvgIpc) is 2.16. The van der Waals surface area contributed by atoms with Crippen molar-refractivity contribution in [3.63, 3.8) is 0 Å². The molecule has 1 atom stereocenters. The predicted molar refractivity (Wildman–Crippen MR) is 51.0 cm³/mol. The van der Waals surface area contributed by atoms with Gasteiger partial charge in [0.1, 0.15) is 5.82 Å². The molecule has 0 bridgehead atoms. The highest BCUT2D eigenvalue weighted by molar-refractivity contribution is 5.27. The molecule has 0 aliphatic carbocycles. The molecule has 0 aliphatic heterocycles. The maximum Gasteiger partial charge on any atom is 0.126 e. The summed E-state index contributed by atoms with van der Waals surface area (Å²) < 4.78 is 13.2. The minimum Gasteiger partial charge on any atom is -0.396 e. The Bertz CT molecular complexity index is 283. The summed E-state index contributed by atoms with van der Waals surface area (Å²) in [6.07, 6.45) is 0.688. The minimum atomic E-state index is -0.236. The lowest BCUT2D eigenvalue weighted by Crippen LogP contribution is -2.00. The van der Waals surface area contributed by atoms with Crippen molar-refractivity contribution in [2.45, 2.75) is 19.3 Å². The molecule has 13 heavy (non-hydrogen) atoms. The number of aliphatic hydroxyl groups is 1. The van der Waals surface area contributed by atoms with Gasteiger partial charge in [0.05, 0.1) is 0 Å². The van der Waals surface area contributed by atoms with Crippen molar-refractivity contribution in [1.82, 2.24) is 0 Å². The molecule has 0 saturated heterocycles. The summed E-state index contributed by atoms with van der Waals surface area (Å²) in [6.45, 7) is 5.56. The molecule has 0 fully saturated rings. The molecule has 71 valence electrons. The lowest BCUT2D eigenvalue weighted by molar-refractivity contribution is 0.282. The van der Waals surface area contributed by atoms with E-state index in [1.54, 1.807) is 6.07 Å². The molecular weight excluding hydrogens is 167 g/mol. The molecule has 0 aromatic heterocycles. The Morgan fingerprint density at radius 1 is 1.54 bits per heavy atom. The van der Waals surface area contributed by atoms with E-state index < -0.39 is 0 Å². The number of halogens is 1. The van der Waals surface area contributed by atoms with Crippen LogP contribution in [0, 0.1) is 12.7 Å². The molecule has 1 rings (SSSR count). The van der Waals surface area contributed by atoms with E-state index in [1.807, 2.05) is 13.0 Å². The number of aryl methyl sites for hydroxylation is 1. The van der Waals surface area contributed by atoms with E-state index in [1.165, 1.54) is 6.07 Å². The van der Waals surface area contributed by atoms with E-state index >= 15 is 0 Å². The fourth-order valence-corrected chi connectivity index (χ4v) is 1.21. The zero-order valence-corrected chi connectivity index (χ0v) is 7.76. The van der Waals surface area contributed by atoms with Gasteiger partial charge in [0.15, 0.2) is 0 Å². The van der Waals surface area contributed by atoms with E-state index in [2.05, 4.69) is 6.92 Å². The third-order valence-corrected chi connectivity index (χ3v) is 2.15. The molecule has 0 amide bonds. The second-order valence-corrected chi connectivity index (χ2v) is 3.08. The van der Waals surface area contributed by atoms with Gasteiger partial charge in [-0.25, -0.2) is 4.39 Å². The molecule has 1 unspecified atom stereocenters. The Labute approximate surface area is 78.2 Å². The highest BCUT2D eigenvalue weighted by Crippen LogP contribution is 2.17. The van der Waals surface area contributed by atoms with Gasteiger partial charge in [0, 0.05) is 12.5 Å². The first-order valence-corrected chi connectivity index (χ1v) is 4.41. The minimum absolute atomic E-state index is 0.0507. The quantitative estimate of drug-likeness (QED) is 0.758. The summed E-state index contributed by atoms with van der Waals surface area (Å²) in [7, 11) is 0. The smallest absolute Gasteiger partial charge is 0.126 e. The first-order chi connectivity index (χ1) is 6.19. The van der Waals surface area contributed by atoms with Gasteiger partial charge in [0.25, 0.3) is 0 Å². The monoisotopic (exact) mass is 181 g/mol. The molecule has 1 aromatic rings. The van der Waals surface area contributed by atoms with Gasteiger partial charge >= 0.3 is 0 Å². The summed E-state index contributed by atoms with van der Waals surface area (Å²) in [5.74, 6) is -0.442. The number of rotatable bonds is 3. The fourth-order valence-electron chi connectivity index (χ4n) is 1.21. The van der Waals surface area contributed by atoms with Crippen LogP contribution in [0.1, 0.15) is 24.0 Å². The molecule has 0 spiro atoms. The summed E-state index contributed by atoms with van der Waals surface area (Å²) in [6, 6.07) is 5.01. The maximum absolute atomic E-state index is 13.2. The molecule has 0 saturated carbocycles. The normalized spacial score (nSPS) is 12.9. The maximum atomic E-state index is 13.2. The van der Waals surface area contributed by atoms with Crippen LogP contribution in [0.25, 0.3) is 0 Å². The third-order valence-electron chi connectivity index (χ3n) is 2.15. The summed E-state index contributed by atoms with van der Waals surface area (Å²) in [4.78, 5) is 0. The van der Waals surface area contributed by atoms with Gasteiger partial charge < -0.3 is 5.11 Å². The van der Waals surface area contributed by atoms with Crippen molar-refractivity contribution in [3.8, 4) is 0 Å². The molecule has 0 aliphatic rings. The van der Waals surface area contributed by atoms with Crippen LogP contribution in [0.15, 0.2) is 18.2 Å². The van der Waals surface area contributed by atoms with E-state index in [0.717, 1.165) is 5.56 Å². The van der Waals surface area contributed by atoms with E-state index in [-0.39, 0.29) is 18.3 Å². The molecule has 1 radical (unpaired) electrons. The molecule has 1 nitrogen and oxygen atoms in total. The second kappa shape index (κ2) is 4.38. The molecule has 2 heteroatoms. The summed E-state index contributed by atoms with van der Waals surface area (Å²) in [5, 5.41) is 8.82. The average molecular weight is 181 g/mol. The van der Waals surface area contributed by atoms with Crippen LogP contribution in [0.5, 0.6) is 0 Å². The first-order valence-electron chi connectivity index (χ1n) is 4.41. The van der Waals surface area contributed by atoms with Crippen LogP contribution in [-0.2, 0) is 6.42 Å². The van der Waals surface area contributed by atoms with Crippen molar-refractivity contribution in [2.24, 2.45) is 0 Å². The summed E-state index contributed by atoms with van der Waals surface area (Å²) in [5.41, 5.74) is 1.45. The number of aliphatic hydroxyl groups excluding tert-OH is 1. The largest absolute Gasteiger partial charge is 0.396 e. The van der Waals surface area contributed by atoms with Gasteiger partial charge in [-0.2, -0.15) is 0 Å². The van der Waals surface area contributed by atoms with Crippen molar-refractivity contribution >= 4 is 0 Å². The van der Waals surface area contributed by atoms with Gasteiger partial charge in [-0.3, -0.25) is 0 Å². The number of benzene rings is 1. The van der Waals surface area contributed by atoms with Crippen LogP contribution < -0.4 is 0 Å². The number of hydrogen-bond acceptors (Lipinski definition) is 1. The van der Waals surface area contributed by atoms with Crippen LogP contribution >= 0.6 is 0 Å². The van der Waals surface area contributed by atoms with Gasteiger partial charge in [-0.05, 0) is 30.5 Å². The van der Waals surface area contributed by atoms with Crippen LogP contribution in [0.2, 0.25) is 0 Å². The van der Waals surface area contributed by atoms with E-state index in [4.69, 9.17) is 5.11 Å². The first kappa shape index (κ1) is 10.2. The molecule has 1 N–H and O–H groups in total. The Morgan fingerprint density at radius 3 is 2.69 bits per heavy atom. The Morgan fingerprint density at radius 2 is 2.23 bits per heavy atom. The number of hydrogen-bond donors (Lipinski definition) is 1.